The molecule has 3 heteroatoms. The minimum Gasteiger partial charge on any atom is -0.352 e. The molecule has 0 aliphatic rings. The molecule has 0 atom stereocenters. The highest BCUT2D eigenvalue weighted by molar-refractivity contribution is 7.99. The van der Waals surface area contributed by atoms with Gasteiger partial charge in [-0.15, -0.1) is 0 Å². The molecular formula is C15H29NOS. The zero-order valence-electron chi connectivity index (χ0n) is 11.9. The predicted molar refractivity (Wildman–Crippen MR) is 83.1 cm³/mol. The molecule has 0 saturated carbocycles. The molecule has 0 radical (unpaired) electrons. The average Bonchev–Trinajstić information content (AvgIpc) is 2.39. The Morgan fingerprint density at radius 1 is 1.06 bits per heavy atom. The molecule has 0 fully saturated rings. The Balaban J connectivity index is 2.98. The van der Waals surface area contributed by atoms with E-state index in [2.05, 4.69) is 18.8 Å². The molecule has 0 heterocycles. The highest BCUT2D eigenvalue weighted by atomic mass is 32.2. The lowest BCUT2D eigenvalue weighted by Gasteiger charge is -2.03. The van der Waals surface area contributed by atoms with E-state index in [1.54, 1.807) is 0 Å². The standard InChI is InChI=1S/C15H29NOS/c1-3-5-6-7-8-9-10-11-13-18-14-12-16-15(17)4-2/h4H,2-3,5-14H2,1H3,(H,16,17). The summed E-state index contributed by atoms with van der Waals surface area (Å²) < 4.78 is 0. The fourth-order valence-corrected chi connectivity index (χ4v) is 2.62. The molecule has 0 aliphatic heterocycles. The third-order valence-electron chi connectivity index (χ3n) is 2.87. The topological polar surface area (TPSA) is 29.1 Å². The second-order valence-electron chi connectivity index (χ2n) is 4.58. The SMILES string of the molecule is C=CC(=O)NCCSCCCCCCCCCC. The molecule has 1 N–H and O–H groups in total. The van der Waals surface area contributed by atoms with E-state index in [0.717, 1.165) is 12.3 Å². The van der Waals surface area contributed by atoms with Crippen LogP contribution in [0.4, 0.5) is 0 Å². The molecule has 0 aliphatic carbocycles. The third-order valence-corrected chi connectivity index (χ3v) is 3.94. The Bertz CT molecular complexity index is 207. The fraction of sp³-hybridized carbons (Fsp3) is 0.800. The molecule has 2 nitrogen and oxygen atoms in total. The number of thioether (sulfide) groups is 1. The largest absolute Gasteiger partial charge is 0.352 e. The number of rotatable bonds is 13. The van der Waals surface area contributed by atoms with Gasteiger partial charge in [0, 0.05) is 12.3 Å². The van der Waals surface area contributed by atoms with Gasteiger partial charge in [-0.25, -0.2) is 0 Å². The lowest BCUT2D eigenvalue weighted by Crippen LogP contribution is -2.23. The summed E-state index contributed by atoms with van der Waals surface area (Å²) in [6, 6.07) is 0. The van der Waals surface area contributed by atoms with E-state index < -0.39 is 0 Å². The number of unbranched alkanes of at least 4 members (excludes halogenated alkanes) is 7. The number of carbonyl (C=O) groups is 1. The fourth-order valence-electron chi connectivity index (χ4n) is 1.76. The van der Waals surface area contributed by atoms with E-state index in [4.69, 9.17) is 0 Å². The van der Waals surface area contributed by atoms with Crippen LogP contribution in [-0.4, -0.2) is 24.0 Å². The smallest absolute Gasteiger partial charge is 0.243 e. The molecular weight excluding hydrogens is 242 g/mol. The van der Waals surface area contributed by atoms with E-state index in [9.17, 15) is 4.79 Å². The minimum atomic E-state index is -0.0670. The number of amides is 1. The van der Waals surface area contributed by atoms with Crippen molar-refractivity contribution in [2.75, 3.05) is 18.1 Å². The lowest BCUT2D eigenvalue weighted by molar-refractivity contribution is -0.116. The first kappa shape index (κ1) is 17.6. The number of nitrogens with one attached hydrogen (secondary N) is 1. The summed E-state index contributed by atoms with van der Waals surface area (Å²) in [5, 5.41) is 2.79. The molecule has 0 saturated heterocycles. The first-order chi connectivity index (χ1) is 8.81. The number of hydrogen-bond acceptors (Lipinski definition) is 2. The third kappa shape index (κ3) is 13.6. The summed E-state index contributed by atoms with van der Waals surface area (Å²) in [4.78, 5) is 10.9. The summed E-state index contributed by atoms with van der Waals surface area (Å²) in [6.07, 6.45) is 12.3. The van der Waals surface area contributed by atoms with Crippen LogP contribution in [0.5, 0.6) is 0 Å². The molecule has 1 amide bonds. The van der Waals surface area contributed by atoms with Gasteiger partial charge in [-0.2, -0.15) is 11.8 Å². The molecule has 0 aromatic carbocycles. The normalized spacial score (nSPS) is 10.3. The van der Waals surface area contributed by atoms with Gasteiger partial charge in [-0.3, -0.25) is 4.79 Å². The maximum Gasteiger partial charge on any atom is 0.243 e. The Morgan fingerprint density at radius 3 is 2.28 bits per heavy atom. The highest BCUT2D eigenvalue weighted by Gasteiger charge is 1.94. The van der Waals surface area contributed by atoms with Crippen molar-refractivity contribution in [3.05, 3.63) is 12.7 Å². The van der Waals surface area contributed by atoms with Gasteiger partial charge >= 0.3 is 0 Å². The number of hydrogen-bond donors (Lipinski definition) is 1. The van der Waals surface area contributed by atoms with E-state index in [1.807, 2.05) is 11.8 Å². The Morgan fingerprint density at radius 2 is 1.67 bits per heavy atom. The van der Waals surface area contributed by atoms with E-state index in [1.165, 1.54) is 63.2 Å². The molecule has 18 heavy (non-hydrogen) atoms. The van der Waals surface area contributed by atoms with Crippen LogP contribution in [0.15, 0.2) is 12.7 Å². The second-order valence-corrected chi connectivity index (χ2v) is 5.81. The minimum absolute atomic E-state index is 0.0670. The van der Waals surface area contributed by atoms with E-state index >= 15 is 0 Å². The predicted octanol–water partition coefficient (Wildman–Crippen LogP) is 4.16. The molecule has 0 unspecified atom stereocenters. The van der Waals surface area contributed by atoms with Crippen LogP contribution < -0.4 is 5.32 Å². The van der Waals surface area contributed by atoms with Crippen LogP contribution >= 0.6 is 11.8 Å². The summed E-state index contributed by atoms with van der Waals surface area (Å²) >= 11 is 1.93. The first-order valence-corrected chi connectivity index (χ1v) is 8.44. The summed E-state index contributed by atoms with van der Waals surface area (Å²) in [6.45, 7) is 6.43. The van der Waals surface area contributed by atoms with Crippen molar-refractivity contribution >= 4 is 17.7 Å². The van der Waals surface area contributed by atoms with Gasteiger partial charge in [-0.1, -0.05) is 58.4 Å². The molecule has 0 rings (SSSR count). The highest BCUT2D eigenvalue weighted by Crippen LogP contribution is 2.10. The van der Waals surface area contributed by atoms with Crippen molar-refractivity contribution < 1.29 is 4.79 Å². The van der Waals surface area contributed by atoms with Crippen LogP contribution in [0.25, 0.3) is 0 Å². The summed E-state index contributed by atoms with van der Waals surface area (Å²) in [5.41, 5.74) is 0. The Hall–Kier alpha value is -0.440. The van der Waals surface area contributed by atoms with Crippen molar-refractivity contribution in [3.8, 4) is 0 Å². The monoisotopic (exact) mass is 271 g/mol. The Kier molecular flexibility index (Phi) is 14.3. The van der Waals surface area contributed by atoms with Crippen LogP contribution in [0.3, 0.4) is 0 Å². The maximum atomic E-state index is 10.9. The molecule has 0 bridgehead atoms. The van der Waals surface area contributed by atoms with Crippen LogP contribution in [0.1, 0.15) is 58.3 Å². The van der Waals surface area contributed by atoms with Crippen molar-refractivity contribution in [1.29, 1.82) is 0 Å². The van der Waals surface area contributed by atoms with Gasteiger partial charge in [0.25, 0.3) is 0 Å². The zero-order chi connectivity index (χ0) is 13.5. The van der Waals surface area contributed by atoms with Gasteiger partial charge < -0.3 is 5.32 Å². The quantitative estimate of drug-likeness (QED) is 0.402. The van der Waals surface area contributed by atoms with Crippen LogP contribution in [0.2, 0.25) is 0 Å². The zero-order valence-corrected chi connectivity index (χ0v) is 12.7. The molecule has 0 spiro atoms. The van der Waals surface area contributed by atoms with Gasteiger partial charge in [0.2, 0.25) is 5.91 Å². The second kappa shape index (κ2) is 14.6. The van der Waals surface area contributed by atoms with Crippen molar-refractivity contribution in [2.45, 2.75) is 58.3 Å². The van der Waals surface area contributed by atoms with Crippen LogP contribution in [0, 0.1) is 0 Å². The molecule has 106 valence electrons. The van der Waals surface area contributed by atoms with Gasteiger partial charge in [0.05, 0.1) is 0 Å². The molecule has 0 aromatic rings. The maximum absolute atomic E-state index is 10.9. The summed E-state index contributed by atoms with van der Waals surface area (Å²) in [5.74, 6) is 2.16. The van der Waals surface area contributed by atoms with Crippen molar-refractivity contribution in [2.24, 2.45) is 0 Å². The lowest BCUT2D eigenvalue weighted by atomic mass is 10.1. The Labute approximate surface area is 117 Å². The van der Waals surface area contributed by atoms with Gasteiger partial charge in [0.1, 0.15) is 0 Å². The van der Waals surface area contributed by atoms with Crippen molar-refractivity contribution in [1.82, 2.24) is 5.32 Å². The van der Waals surface area contributed by atoms with Gasteiger partial charge in [0.15, 0.2) is 0 Å². The van der Waals surface area contributed by atoms with Gasteiger partial charge in [-0.05, 0) is 18.2 Å². The summed E-state index contributed by atoms with van der Waals surface area (Å²) in [7, 11) is 0. The van der Waals surface area contributed by atoms with Crippen LogP contribution in [-0.2, 0) is 4.79 Å². The average molecular weight is 271 g/mol. The van der Waals surface area contributed by atoms with E-state index in [0.29, 0.717) is 0 Å². The first-order valence-electron chi connectivity index (χ1n) is 7.29. The molecule has 0 aromatic heterocycles. The van der Waals surface area contributed by atoms with E-state index in [-0.39, 0.29) is 5.91 Å². The number of carbonyl (C=O) groups excluding carboxylic acids is 1. The van der Waals surface area contributed by atoms with Crippen molar-refractivity contribution in [3.63, 3.8) is 0 Å².